The minimum Gasteiger partial charge on any atom is -0.481 e. The summed E-state index contributed by atoms with van der Waals surface area (Å²) in [5.41, 5.74) is 0.722. The predicted octanol–water partition coefficient (Wildman–Crippen LogP) is 2.70. The maximum Gasteiger partial charge on any atom is 0.310 e. The zero-order chi connectivity index (χ0) is 10.6. The van der Waals surface area contributed by atoms with Crippen LogP contribution >= 0.6 is 11.6 Å². The van der Waals surface area contributed by atoms with Crippen molar-refractivity contribution >= 4 is 17.6 Å². The second-order valence-electron chi connectivity index (χ2n) is 3.09. The molecule has 0 bridgehead atoms. The van der Waals surface area contributed by atoms with E-state index in [1.165, 1.54) is 6.20 Å². The first-order valence-corrected chi connectivity index (χ1v) is 4.87. The van der Waals surface area contributed by atoms with Crippen molar-refractivity contribution in [3.63, 3.8) is 0 Å². The van der Waals surface area contributed by atoms with Gasteiger partial charge in [-0.3, -0.25) is 4.79 Å². The lowest BCUT2D eigenvalue weighted by Gasteiger charge is -2.10. The molecular formula is C10H12ClNO2. The molecular weight excluding hydrogens is 202 g/mol. The molecule has 1 aromatic rings. The molecule has 14 heavy (non-hydrogen) atoms. The predicted molar refractivity (Wildman–Crippen MR) is 54.5 cm³/mol. The Balaban J connectivity index is 2.93. The quantitative estimate of drug-likeness (QED) is 0.783. The average Bonchev–Trinajstić information content (AvgIpc) is 2.13. The van der Waals surface area contributed by atoms with Crippen LogP contribution < -0.4 is 0 Å². The van der Waals surface area contributed by atoms with E-state index < -0.39 is 11.9 Å². The van der Waals surface area contributed by atoms with Gasteiger partial charge in [0.05, 0.1) is 5.92 Å². The van der Waals surface area contributed by atoms with Crippen LogP contribution in [0.5, 0.6) is 0 Å². The van der Waals surface area contributed by atoms with Crippen LogP contribution in [0.1, 0.15) is 31.2 Å². The molecule has 1 rings (SSSR count). The molecule has 0 amide bonds. The lowest BCUT2D eigenvalue weighted by atomic mass is 9.96. The smallest absolute Gasteiger partial charge is 0.310 e. The standard InChI is InChI=1S/C10H12ClNO2/c1-2-3-8(10(13)14)7-4-5-12-9(11)6-7/h4-6,8H,2-3H2,1H3,(H,13,14). The number of nitrogens with zero attached hydrogens (tertiary/aromatic N) is 1. The normalized spacial score (nSPS) is 12.4. The van der Waals surface area contributed by atoms with Crippen LogP contribution in [-0.4, -0.2) is 16.1 Å². The first-order chi connectivity index (χ1) is 6.65. The number of carboxylic acids is 1. The van der Waals surface area contributed by atoms with Crippen molar-refractivity contribution in [1.29, 1.82) is 0 Å². The number of pyridine rings is 1. The molecule has 1 unspecified atom stereocenters. The number of aromatic nitrogens is 1. The van der Waals surface area contributed by atoms with Gasteiger partial charge in [-0.2, -0.15) is 0 Å². The lowest BCUT2D eigenvalue weighted by molar-refractivity contribution is -0.139. The van der Waals surface area contributed by atoms with Crippen molar-refractivity contribution in [3.8, 4) is 0 Å². The second kappa shape index (κ2) is 4.96. The monoisotopic (exact) mass is 213 g/mol. The molecule has 0 radical (unpaired) electrons. The maximum atomic E-state index is 10.9. The Morgan fingerprint density at radius 1 is 1.71 bits per heavy atom. The Bertz CT molecular complexity index is 328. The van der Waals surface area contributed by atoms with E-state index in [1.807, 2.05) is 6.92 Å². The Morgan fingerprint density at radius 2 is 2.43 bits per heavy atom. The third kappa shape index (κ3) is 2.70. The van der Waals surface area contributed by atoms with Crippen LogP contribution in [0, 0.1) is 0 Å². The molecule has 1 aromatic heterocycles. The fourth-order valence-electron chi connectivity index (χ4n) is 1.36. The van der Waals surface area contributed by atoms with Crippen molar-refractivity contribution in [3.05, 3.63) is 29.0 Å². The maximum absolute atomic E-state index is 10.9. The van der Waals surface area contributed by atoms with E-state index >= 15 is 0 Å². The van der Waals surface area contributed by atoms with Gasteiger partial charge >= 0.3 is 5.97 Å². The van der Waals surface area contributed by atoms with Crippen molar-refractivity contribution in [2.24, 2.45) is 0 Å². The van der Waals surface area contributed by atoms with E-state index in [2.05, 4.69) is 4.98 Å². The van der Waals surface area contributed by atoms with Crippen LogP contribution in [0.25, 0.3) is 0 Å². The summed E-state index contributed by atoms with van der Waals surface area (Å²) in [4.78, 5) is 14.8. The highest BCUT2D eigenvalue weighted by molar-refractivity contribution is 6.29. The van der Waals surface area contributed by atoms with Crippen molar-refractivity contribution in [2.75, 3.05) is 0 Å². The Labute approximate surface area is 87.7 Å². The lowest BCUT2D eigenvalue weighted by Crippen LogP contribution is -2.11. The highest BCUT2D eigenvalue weighted by atomic mass is 35.5. The molecule has 0 aliphatic heterocycles. The molecule has 0 spiro atoms. The molecule has 1 atom stereocenters. The summed E-state index contributed by atoms with van der Waals surface area (Å²) in [5.74, 6) is -1.28. The van der Waals surface area contributed by atoms with Gasteiger partial charge in [0.2, 0.25) is 0 Å². The van der Waals surface area contributed by atoms with E-state index in [0.717, 1.165) is 12.0 Å². The molecule has 0 fully saturated rings. The topological polar surface area (TPSA) is 50.2 Å². The summed E-state index contributed by atoms with van der Waals surface area (Å²) >= 11 is 5.69. The number of hydrogen-bond donors (Lipinski definition) is 1. The van der Waals surface area contributed by atoms with E-state index in [-0.39, 0.29) is 0 Å². The molecule has 0 saturated heterocycles. The van der Waals surface area contributed by atoms with Gasteiger partial charge in [-0.15, -0.1) is 0 Å². The van der Waals surface area contributed by atoms with Gasteiger partial charge in [0.1, 0.15) is 5.15 Å². The zero-order valence-electron chi connectivity index (χ0n) is 7.90. The zero-order valence-corrected chi connectivity index (χ0v) is 8.66. The summed E-state index contributed by atoms with van der Waals surface area (Å²) in [6.07, 6.45) is 2.98. The molecule has 0 aromatic carbocycles. The van der Waals surface area contributed by atoms with Gasteiger partial charge in [0.15, 0.2) is 0 Å². The van der Waals surface area contributed by atoms with Gasteiger partial charge in [-0.25, -0.2) is 4.98 Å². The van der Waals surface area contributed by atoms with E-state index in [0.29, 0.717) is 11.6 Å². The average molecular weight is 214 g/mol. The van der Waals surface area contributed by atoms with Crippen LogP contribution in [-0.2, 0) is 4.79 Å². The number of carboxylic acid groups (broad SMARTS) is 1. The minimum atomic E-state index is -0.811. The second-order valence-corrected chi connectivity index (χ2v) is 3.48. The van der Waals surface area contributed by atoms with E-state index in [1.54, 1.807) is 12.1 Å². The Morgan fingerprint density at radius 3 is 2.93 bits per heavy atom. The van der Waals surface area contributed by atoms with Crippen LogP contribution in [0.4, 0.5) is 0 Å². The van der Waals surface area contributed by atoms with E-state index in [4.69, 9.17) is 16.7 Å². The number of halogens is 1. The Hall–Kier alpha value is -1.09. The number of rotatable bonds is 4. The fourth-order valence-corrected chi connectivity index (χ4v) is 1.54. The first-order valence-electron chi connectivity index (χ1n) is 4.49. The SMILES string of the molecule is CCCC(C(=O)O)c1ccnc(Cl)c1. The molecule has 1 N–H and O–H groups in total. The molecule has 76 valence electrons. The van der Waals surface area contributed by atoms with Gasteiger partial charge < -0.3 is 5.11 Å². The third-order valence-electron chi connectivity index (χ3n) is 2.03. The minimum absolute atomic E-state index is 0.338. The number of hydrogen-bond acceptors (Lipinski definition) is 2. The van der Waals surface area contributed by atoms with Crippen molar-refractivity contribution in [1.82, 2.24) is 4.98 Å². The molecule has 0 aliphatic carbocycles. The highest BCUT2D eigenvalue weighted by Crippen LogP contribution is 2.22. The van der Waals surface area contributed by atoms with Crippen LogP contribution in [0.3, 0.4) is 0 Å². The van der Waals surface area contributed by atoms with Gasteiger partial charge in [-0.05, 0) is 24.1 Å². The summed E-state index contributed by atoms with van der Waals surface area (Å²) < 4.78 is 0. The summed E-state index contributed by atoms with van der Waals surface area (Å²) in [6, 6.07) is 3.30. The largest absolute Gasteiger partial charge is 0.481 e. The Kier molecular flexibility index (Phi) is 3.89. The summed E-state index contributed by atoms with van der Waals surface area (Å²) in [5, 5.41) is 9.32. The molecule has 4 heteroatoms. The summed E-state index contributed by atoms with van der Waals surface area (Å²) in [7, 11) is 0. The highest BCUT2D eigenvalue weighted by Gasteiger charge is 2.18. The molecule has 0 saturated carbocycles. The van der Waals surface area contributed by atoms with Gasteiger partial charge in [0.25, 0.3) is 0 Å². The first kappa shape index (κ1) is 11.0. The number of aliphatic carboxylic acids is 1. The van der Waals surface area contributed by atoms with E-state index in [9.17, 15) is 4.79 Å². The summed E-state index contributed by atoms with van der Waals surface area (Å²) in [6.45, 7) is 1.96. The molecule has 1 heterocycles. The van der Waals surface area contributed by atoms with Gasteiger partial charge in [-0.1, -0.05) is 24.9 Å². The third-order valence-corrected chi connectivity index (χ3v) is 2.24. The van der Waals surface area contributed by atoms with Crippen molar-refractivity contribution < 1.29 is 9.90 Å². The molecule has 0 aliphatic rings. The van der Waals surface area contributed by atoms with Crippen molar-refractivity contribution in [2.45, 2.75) is 25.7 Å². The number of carbonyl (C=O) groups is 1. The van der Waals surface area contributed by atoms with Crippen LogP contribution in [0.15, 0.2) is 18.3 Å². The van der Waals surface area contributed by atoms with Crippen LogP contribution in [0.2, 0.25) is 5.15 Å². The fraction of sp³-hybridized carbons (Fsp3) is 0.400. The molecule has 3 nitrogen and oxygen atoms in total. The van der Waals surface area contributed by atoms with Gasteiger partial charge in [0, 0.05) is 6.20 Å².